The van der Waals surface area contributed by atoms with Crippen LogP contribution in [0.5, 0.6) is 5.75 Å². The summed E-state index contributed by atoms with van der Waals surface area (Å²) in [5.41, 5.74) is 2.94. The molecule has 3 rings (SSSR count). The largest absolute Gasteiger partial charge is 0.484 e. The maximum Gasteiger partial charge on any atom is 0.422 e. The average Bonchev–Trinajstić information content (AvgIpc) is 2.95. The van der Waals surface area contributed by atoms with Crippen LogP contribution in [0.15, 0.2) is 36.0 Å². The van der Waals surface area contributed by atoms with Crippen molar-refractivity contribution in [2.75, 3.05) is 11.9 Å². The van der Waals surface area contributed by atoms with E-state index in [1.54, 1.807) is 23.5 Å². The first-order chi connectivity index (χ1) is 11.8. The van der Waals surface area contributed by atoms with Crippen LogP contribution in [-0.2, 0) is 0 Å². The van der Waals surface area contributed by atoms with Gasteiger partial charge in [0.25, 0.3) is 0 Å². The minimum Gasteiger partial charge on any atom is -0.484 e. The molecule has 1 aromatic carbocycles. The van der Waals surface area contributed by atoms with Crippen LogP contribution in [0.4, 0.5) is 19.0 Å². The van der Waals surface area contributed by atoms with Gasteiger partial charge in [-0.3, -0.25) is 0 Å². The summed E-state index contributed by atoms with van der Waals surface area (Å²) in [6.45, 7) is 2.66. The Morgan fingerprint density at radius 2 is 1.92 bits per heavy atom. The maximum atomic E-state index is 12.2. The summed E-state index contributed by atoms with van der Waals surface area (Å²) >= 11 is 1.58. The highest BCUT2D eigenvalue weighted by atomic mass is 32.1. The van der Waals surface area contributed by atoms with Gasteiger partial charge < -0.3 is 10.1 Å². The summed E-state index contributed by atoms with van der Waals surface area (Å²) in [5, 5.41) is 5.36. The molecule has 132 valence electrons. The highest BCUT2D eigenvalue weighted by Crippen LogP contribution is 2.31. The van der Waals surface area contributed by atoms with Gasteiger partial charge in [0.1, 0.15) is 17.9 Å². The number of halogens is 3. The van der Waals surface area contributed by atoms with Gasteiger partial charge in [0, 0.05) is 6.04 Å². The lowest BCUT2D eigenvalue weighted by atomic mass is 10.1. The molecule has 0 saturated heterocycles. The van der Waals surface area contributed by atoms with Crippen LogP contribution in [0.1, 0.15) is 24.1 Å². The minimum absolute atomic E-state index is 0.0721. The van der Waals surface area contributed by atoms with Gasteiger partial charge in [0.2, 0.25) is 0 Å². The summed E-state index contributed by atoms with van der Waals surface area (Å²) in [4.78, 5) is 8.58. The fourth-order valence-electron chi connectivity index (χ4n) is 2.38. The molecular weight excluding hydrogens is 351 g/mol. The van der Waals surface area contributed by atoms with Gasteiger partial charge in [-0.05, 0) is 42.5 Å². The number of fused-ring (bicyclic) bond motifs is 1. The van der Waals surface area contributed by atoms with Crippen molar-refractivity contribution in [3.63, 3.8) is 0 Å². The fraction of sp³-hybridized carbons (Fsp3) is 0.294. The van der Waals surface area contributed by atoms with Crippen molar-refractivity contribution in [1.82, 2.24) is 9.97 Å². The molecule has 25 heavy (non-hydrogen) atoms. The van der Waals surface area contributed by atoms with E-state index < -0.39 is 12.8 Å². The summed E-state index contributed by atoms with van der Waals surface area (Å²) < 4.78 is 42.2. The zero-order valence-corrected chi connectivity index (χ0v) is 14.4. The SMILES string of the molecule is Cc1csc2c(NC(C)c3ccc(OCC(F)(F)F)cc3)ncnc12. The topological polar surface area (TPSA) is 47.0 Å². The van der Waals surface area contributed by atoms with Crippen LogP contribution < -0.4 is 10.1 Å². The Bertz CT molecular complexity index is 862. The first-order valence-electron chi connectivity index (χ1n) is 7.58. The van der Waals surface area contributed by atoms with Crippen LogP contribution in [0.25, 0.3) is 10.2 Å². The monoisotopic (exact) mass is 367 g/mol. The summed E-state index contributed by atoms with van der Waals surface area (Å²) in [6, 6.07) is 6.47. The van der Waals surface area contributed by atoms with Crippen molar-refractivity contribution < 1.29 is 17.9 Å². The van der Waals surface area contributed by atoms with Gasteiger partial charge >= 0.3 is 6.18 Å². The van der Waals surface area contributed by atoms with Crippen LogP contribution >= 0.6 is 11.3 Å². The number of hydrogen-bond acceptors (Lipinski definition) is 5. The lowest BCUT2D eigenvalue weighted by Crippen LogP contribution is -2.19. The summed E-state index contributed by atoms with van der Waals surface area (Å²) in [5.74, 6) is 0.930. The van der Waals surface area contributed by atoms with Crippen LogP contribution in [0.3, 0.4) is 0 Å². The van der Waals surface area contributed by atoms with Crippen LogP contribution in [0.2, 0.25) is 0 Å². The van der Waals surface area contributed by atoms with Gasteiger partial charge in [-0.1, -0.05) is 12.1 Å². The van der Waals surface area contributed by atoms with E-state index in [1.165, 1.54) is 18.5 Å². The molecule has 3 aromatic rings. The van der Waals surface area contributed by atoms with Crippen molar-refractivity contribution in [2.24, 2.45) is 0 Å². The molecule has 1 atom stereocenters. The quantitative estimate of drug-likeness (QED) is 0.680. The normalized spacial score (nSPS) is 13.0. The second-order valence-electron chi connectivity index (χ2n) is 5.66. The number of aryl methyl sites for hydroxylation is 1. The molecular formula is C17H16F3N3OS. The molecule has 0 fully saturated rings. The fourth-order valence-corrected chi connectivity index (χ4v) is 3.33. The lowest BCUT2D eigenvalue weighted by Gasteiger charge is -2.16. The van der Waals surface area contributed by atoms with E-state index in [0.29, 0.717) is 0 Å². The molecule has 0 radical (unpaired) electrons. The third-order valence-electron chi connectivity index (χ3n) is 3.67. The lowest BCUT2D eigenvalue weighted by molar-refractivity contribution is -0.153. The Morgan fingerprint density at radius 1 is 1.20 bits per heavy atom. The Morgan fingerprint density at radius 3 is 2.60 bits per heavy atom. The molecule has 4 nitrogen and oxygen atoms in total. The van der Waals surface area contributed by atoms with Crippen LogP contribution in [0, 0.1) is 6.92 Å². The number of aromatic nitrogens is 2. The third kappa shape index (κ3) is 4.19. The van der Waals surface area contributed by atoms with Gasteiger partial charge in [-0.15, -0.1) is 11.3 Å². The molecule has 0 aliphatic carbocycles. The van der Waals surface area contributed by atoms with E-state index in [1.807, 2.05) is 19.2 Å². The number of anilines is 1. The molecule has 2 heterocycles. The van der Waals surface area contributed by atoms with E-state index in [-0.39, 0.29) is 11.8 Å². The second-order valence-corrected chi connectivity index (χ2v) is 6.54. The Balaban J connectivity index is 1.71. The highest BCUT2D eigenvalue weighted by Gasteiger charge is 2.28. The van der Waals surface area contributed by atoms with E-state index >= 15 is 0 Å². The Labute approximate surface area is 146 Å². The van der Waals surface area contributed by atoms with Crippen LogP contribution in [-0.4, -0.2) is 22.8 Å². The van der Waals surface area contributed by atoms with Crippen molar-refractivity contribution in [3.8, 4) is 5.75 Å². The van der Waals surface area contributed by atoms with Crippen molar-refractivity contribution in [1.29, 1.82) is 0 Å². The molecule has 0 aliphatic rings. The molecule has 8 heteroatoms. The van der Waals surface area contributed by atoms with E-state index in [4.69, 9.17) is 4.74 Å². The molecule has 0 aliphatic heterocycles. The summed E-state index contributed by atoms with van der Waals surface area (Å²) in [7, 11) is 0. The number of alkyl halides is 3. The van der Waals surface area contributed by atoms with E-state index in [9.17, 15) is 13.2 Å². The molecule has 2 aromatic heterocycles. The molecule has 1 N–H and O–H groups in total. The summed E-state index contributed by atoms with van der Waals surface area (Å²) in [6.07, 6.45) is -2.82. The van der Waals surface area contributed by atoms with Gasteiger partial charge in [-0.2, -0.15) is 13.2 Å². The first-order valence-corrected chi connectivity index (χ1v) is 8.46. The van der Waals surface area contributed by atoms with Crippen molar-refractivity contribution >= 4 is 27.4 Å². The van der Waals surface area contributed by atoms with Gasteiger partial charge in [-0.25, -0.2) is 9.97 Å². The van der Waals surface area contributed by atoms with E-state index in [2.05, 4.69) is 15.3 Å². The second kappa shape index (κ2) is 6.87. The molecule has 0 amide bonds. The van der Waals surface area contributed by atoms with Crippen molar-refractivity contribution in [3.05, 3.63) is 47.1 Å². The standard InChI is InChI=1S/C17H16F3N3OS/c1-10-7-25-15-14(10)21-9-22-16(15)23-11(2)12-3-5-13(6-4-12)24-8-17(18,19)20/h3-7,9,11H,8H2,1-2H3,(H,21,22,23). The van der Waals surface area contributed by atoms with E-state index in [0.717, 1.165) is 27.2 Å². The number of nitrogens with one attached hydrogen (secondary N) is 1. The van der Waals surface area contributed by atoms with Gasteiger partial charge in [0.05, 0.1) is 10.2 Å². The first kappa shape index (κ1) is 17.5. The maximum absolute atomic E-state index is 12.2. The molecule has 0 saturated carbocycles. The number of rotatable bonds is 5. The molecule has 0 bridgehead atoms. The Hall–Kier alpha value is -2.35. The zero-order valence-electron chi connectivity index (χ0n) is 13.6. The molecule has 0 spiro atoms. The predicted molar refractivity (Wildman–Crippen MR) is 92.2 cm³/mol. The van der Waals surface area contributed by atoms with Crippen molar-refractivity contribution in [2.45, 2.75) is 26.1 Å². The average molecular weight is 367 g/mol. The number of nitrogens with zero attached hydrogens (tertiary/aromatic N) is 2. The number of thiophene rings is 1. The zero-order chi connectivity index (χ0) is 18.0. The molecule has 1 unspecified atom stereocenters. The van der Waals surface area contributed by atoms with Gasteiger partial charge in [0.15, 0.2) is 6.61 Å². The third-order valence-corrected chi connectivity index (χ3v) is 4.76. The minimum atomic E-state index is -4.34. The number of ether oxygens (including phenoxy) is 1. The number of hydrogen-bond donors (Lipinski definition) is 1. The predicted octanol–water partition coefficient (Wildman–Crippen LogP) is 5.11. The smallest absolute Gasteiger partial charge is 0.422 e. The number of benzene rings is 1. The highest BCUT2D eigenvalue weighted by molar-refractivity contribution is 7.18. The Kier molecular flexibility index (Phi) is 4.80.